The van der Waals surface area contributed by atoms with Gasteiger partial charge in [-0.3, -0.25) is 0 Å². The molecular formula is C18H25N5O2S. The Morgan fingerprint density at radius 2 is 1.81 bits per heavy atom. The summed E-state index contributed by atoms with van der Waals surface area (Å²) in [7, 11) is -3.49. The summed E-state index contributed by atoms with van der Waals surface area (Å²) in [6.45, 7) is 4.81. The van der Waals surface area contributed by atoms with Gasteiger partial charge in [0.1, 0.15) is 18.0 Å². The lowest BCUT2D eigenvalue weighted by molar-refractivity contribution is 0.583. The molecule has 0 aliphatic carbocycles. The lowest BCUT2D eigenvalue weighted by atomic mass is 10.2. The van der Waals surface area contributed by atoms with Crippen molar-refractivity contribution in [2.24, 2.45) is 0 Å². The molecule has 7 nitrogen and oxygen atoms in total. The van der Waals surface area contributed by atoms with Gasteiger partial charge >= 0.3 is 0 Å². The molecule has 0 radical (unpaired) electrons. The third-order valence-corrected chi connectivity index (χ3v) is 5.92. The van der Waals surface area contributed by atoms with Crippen LogP contribution in [0.5, 0.6) is 0 Å². The Morgan fingerprint density at radius 1 is 1.08 bits per heavy atom. The molecule has 2 aromatic rings. The average molecular weight is 375 g/mol. The molecule has 1 fully saturated rings. The molecule has 26 heavy (non-hydrogen) atoms. The van der Waals surface area contributed by atoms with Gasteiger partial charge in [-0.15, -0.1) is 0 Å². The molecule has 1 aromatic carbocycles. The molecule has 0 atom stereocenters. The van der Waals surface area contributed by atoms with Crippen molar-refractivity contribution in [3.63, 3.8) is 0 Å². The van der Waals surface area contributed by atoms with E-state index in [9.17, 15) is 8.42 Å². The van der Waals surface area contributed by atoms with Crippen molar-refractivity contribution >= 4 is 21.7 Å². The predicted molar refractivity (Wildman–Crippen MR) is 103 cm³/mol. The number of nitrogens with one attached hydrogen (secondary N) is 2. The number of hydrogen-bond donors (Lipinski definition) is 2. The lowest BCUT2D eigenvalue weighted by Gasteiger charge is -2.16. The first kappa shape index (κ1) is 18.6. The fourth-order valence-corrected chi connectivity index (χ4v) is 3.96. The van der Waals surface area contributed by atoms with Crippen molar-refractivity contribution in [3.05, 3.63) is 42.2 Å². The summed E-state index contributed by atoms with van der Waals surface area (Å²) >= 11 is 0. The Labute approximate surface area is 154 Å². The minimum absolute atomic E-state index is 0.279. The van der Waals surface area contributed by atoms with Crippen LogP contribution in [-0.4, -0.2) is 44.6 Å². The highest BCUT2D eigenvalue weighted by molar-refractivity contribution is 7.89. The molecule has 3 rings (SSSR count). The van der Waals surface area contributed by atoms with E-state index in [1.807, 2.05) is 25.1 Å². The van der Waals surface area contributed by atoms with Crippen LogP contribution >= 0.6 is 0 Å². The van der Waals surface area contributed by atoms with Gasteiger partial charge in [0.15, 0.2) is 0 Å². The molecule has 0 saturated carbocycles. The number of aryl methyl sites for hydroxylation is 1. The fourth-order valence-electron chi connectivity index (χ4n) is 2.93. The smallest absolute Gasteiger partial charge is 0.240 e. The van der Waals surface area contributed by atoms with E-state index in [1.165, 1.54) is 19.2 Å². The number of hydrogen-bond acceptors (Lipinski definition) is 6. The van der Waals surface area contributed by atoms with Gasteiger partial charge in [0.25, 0.3) is 0 Å². The van der Waals surface area contributed by atoms with Crippen LogP contribution in [0, 0.1) is 0 Å². The first-order valence-corrected chi connectivity index (χ1v) is 10.5. The van der Waals surface area contributed by atoms with Gasteiger partial charge in [0.2, 0.25) is 10.0 Å². The third kappa shape index (κ3) is 4.70. The van der Waals surface area contributed by atoms with E-state index in [2.05, 4.69) is 24.9 Å². The van der Waals surface area contributed by atoms with Gasteiger partial charge in [-0.1, -0.05) is 19.1 Å². The Kier molecular flexibility index (Phi) is 6.05. The molecule has 1 aliphatic heterocycles. The van der Waals surface area contributed by atoms with E-state index >= 15 is 0 Å². The maximum absolute atomic E-state index is 12.3. The number of anilines is 2. The molecule has 2 heterocycles. The van der Waals surface area contributed by atoms with Crippen LogP contribution in [-0.2, 0) is 16.4 Å². The maximum Gasteiger partial charge on any atom is 0.240 e. The summed E-state index contributed by atoms with van der Waals surface area (Å²) in [5.41, 5.74) is 1.11. The molecular weight excluding hydrogens is 350 g/mol. The zero-order valence-electron chi connectivity index (χ0n) is 15.0. The number of nitrogens with zero attached hydrogens (tertiary/aromatic N) is 3. The molecule has 8 heteroatoms. The van der Waals surface area contributed by atoms with Crippen LogP contribution in [0.3, 0.4) is 0 Å². The lowest BCUT2D eigenvalue weighted by Crippen LogP contribution is -2.29. The minimum Gasteiger partial charge on any atom is -0.369 e. The van der Waals surface area contributed by atoms with Crippen LogP contribution in [0.2, 0.25) is 0 Å². The molecule has 0 unspecified atom stereocenters. The van der Waals surface area contributed by atoms with Crippen LogP contribution in [0.1, 0.15) is 25.3 Å². The highest BCUT2D eigenvalue weighted by Crippen LogP contribution is 2.19. The Balaban J connectivity index is 1.50. The van der Waals surface area contributed by atoms with Crippen molar-refractivity contribution in [2.45, 2.75) is 31.1 Å². The zero-order valence-corrected chi connectivity index (χ0v) is 15.8. The normalized spacial score (nSPS) is 14.6. The van der Waals surface area contributed by atoms with Crippen LogP contribution in [0.25, 0.3) is 0 Å². The molecule has 1 aromatic heterocycles. The predicted octanol–water partition coefficient (Wildman–Crippen LogP) is 2.03. The SMILES string of the molecule is CCc1ccc(S(=O)(=O)NCCNc2cc(N3CCCC3)ncn2)cc1. The number of sulfonamides is 1. The van der Waals surface area contributed by atoms with E-state index < -0.39 is 10.0 Å². The van der Waals surface area contributed by atoms with Gasteiger partial charge < -0.3 is 10.2 Å². The van der Waals surface area contributed by atoms with Crippen LogP contribution < -0.4 is 14.9 Å². The highest BCUT2D eigenvalue weighted by atomic mass is 32.2. The quantitative estimate of drug-likeness (QED) is 0.687. The van der Waals surface area contributed by atoms with Gasteiger partial charge in [0.05, 0.1) is 4.90 Å². The van der Waals surface area contributed by atoms with E-state index in [4.69, 9.17) is 0 Å². The summed E-state index contributed by atoms with van der Waals surface area (Å²) in [5, 5.41) is 3.15. The standard InChI is InChI=1S/C18H25N5O2S/c1-2-15-5-7-16(8-6-15)26(24,25)22-10-9-19-17-13-18(21-14-20-17)23-11-3-4-12-23/h5-8,13-14,22H,2-4,9-12H2,1H3,(H,19,20,21). The molecule has 0 amide bonds. The summed E-state index contributed by atoms with van der Waals surface area (Å²) in [6.07, 6.45) is 4.80. The number of aromatic nitrogens is 2. The van der Waals surface area contributed by atoms with Gasteiger partial charge in [0, 0.05) is 32.2 Å². The number of rotatable bonds is 8. The van der Waals surface area contributed by atoms with Crippen molar-refractivity contribution in [1.82, 2.24) is 14.7 Å². The first-order chi connectivity index (χ1) is 12.6. The Hall–Kier alpha value is -2.19. The average Bonchev–Trinajstić information content (AvgIpc) is 3.20. The molecule has 1 aliphatic rings. The van der Waals surface area contributed by atoms with Crippen molar-refractivity contribution < 1.29 is 8.42 Å². The molecule has 0 spiro atoms. The van der Waals surface area contributed by atoms with Crippen molar-refractivity contribution in [2.75, 3.05) is 36.4 Å². The second-order valence-corrected chi connectivity index (χ2v) is 8.04. The molecule has 140 valence electrons. The topological polar surface area (TPSA) is 87.2 Å². The Morgan fingerprint density at radius 3 is 2.50 bits per heavy atom. The van der Waals surface area contributed by atoms with Gasteiger partial charge in [-0.05, 0) is 37.0 Å². The largest absolute Gasteiger partial charge is 0.369 e. The monoisotopic (exact) mass is 375 g/mol. The van der Waals surface area contributed by atoms with E-state index in [-0.39, 0.29) is 11.4 Å². The highest BCUT2D eigenvalue weighted by Gasteiger charge is 2.15. The van der Waals surface area contributed by atoms with Crippen molar-refractivity contribution in [1.29, 1.82) is 0 Å². The first-order valence-electron chi connectivity index (χ1n) is 8.98. The second kappa shape index (κ2) is 8.46. The van der Waals surface area contributed by atoms with Crippen LogP contribution in [0.15, 0.2) is 41.6 Å². The minimum atomic E-state index is -3.49. The summed E-state index contributed by atoms with van der Waals surface area (Å²) in [5.74, 6) is 1.62. The van der Waals surface area contributed by atoms with Crippen molar-refractivity contribution in [3.8, 4) is 0 Å². The number of benzene rings is 1. The van der Waals surface area contributed by atoms with Gasteiger partial charge in [-0.25, -0.2) is 23.1 Å². The molecule has 1 saturated heterocycles. The van der Waals surface area contributed by atoms with E-state index in [0.717, 1.165) is 30.9 Å². The van der Waals surface area contributed by atoms with Crippen LogP contribution in [0.4, 0.5) is 11.6 Å². The Bertz CT molecular complexity index is 818. The van der Waals surface area contributed by atoms with E-state index in [1.54, 1.807) is 12.1 Å². The van der Waals surface area contributed by atoms with Gasteiger partial charge in [-0.2, -0.15) is 0 Å². The second-order valence-electron chi connectivity index (χ2n) is 6.28. The summed E-state index contributed by atoms with van der Waals surface area (Å²) < 4.78 is 27.2. The maximum atomic E-state index is 12.3. The summed E-state index contributed by atoms with van der Waals surface area (Å²) in [4.78, 5) is 11.0. The molecule has 2 N–H and O–H groups in total. The third-order valence-electron chi connectivity index (χ3n) is 4.45. The fraction of sp³-hybridized carbons (Fsp3) is 0.444. The van der Waals surface area contributed by atoms with E-state index in [0.29, 0.717) is 12.4 Å². The zero-order chi connectivity index (χ0) is 18.4. The summed E-state index contributed by atoms with van der Waals surface area (Å²) in [6, 6.07) is 8.87. The molecule has 0 bridgehead atoms.